The summed E-state index contributed by atoms with van der Waals surface area (Å²) in [5.74, 6) is -1.08. The molecule has 0 saturated carbocycles. The van der Waals surface area contributed by atoms with Gasteiger partial charge in [0.05, 0.1) is 6.20 Å². The molecule has 18 heavy (non-hydrogen) atoms. The number of allylic oxidation sites excluding steroid dienone is 1. The summed E-state index contributed by atoms with van der Waals surface area (Å²) in [6.07, 6.45) is 4.03. The second kappa shape index (κ2) is 5.78. The highest BCUT2D eigenvalue weighted by Crippen LogP contribution is 2.06. The number of nitrogens with zero attached hydrogens (tertiary/aromatic N) is 2. The summed E-state index contributed by atoms with van der Waals surface area (Å²) in [5, 5.41) is 12.2. The molecule has 0 bridgehead atoms. The summed E-state index contributed by atoms with van der Waals surface area (Å²) >= 11 is 0. The number of sulfonamides is 1. The largest absolute Gasteiger partial charge is 0.480 e. The molecular weight excluding hydrogens is 258 g/mol. The first kappa shape index (κ1) is 14.4. The third-order valence-electron chi connectivity index (χ3n) is 2.00. The van der Waals surface area contributed by atoms with Crippen molar-refractivity contribution in [3.05, 3.63) is 24.0 Å². The Hall–Kier alpha value is -1.67. The molecule has 0 aliphatic rings. The van der Waals surface area contributed by atoms with E-state index in [2.05, 4.69) is 9.82 Å². The first-order valence-corrected chi connectivity index (χ1v) is 6.67. The number of carboxylic acids is 1. The monoisotopic (exact) mass is 273 g/mol. The van der Waals surface area contributed by atoms with Crippen molar-refractivity contribution in [2.75, 3.05) is 6.54 Å². The molecule has 0 amide bonds. The lowest BCUT2D eigenvalue weighted by Crippen LogP contribution is -2.23. The van der Waals surface area contributed by atoms with Crippen LogP contribution in [0.15, 0.2) is 28.9 Å². The molecule has 1 aromatic heterocycles. The van der Waals surface area contributed by atoms with Crippen molar-refractivity contribution in [3.8, 4) is 0 Å². The average molecular weight is 273 g/mol. The highest BCUT2D eigenvalue weighted by Gasteiger charge is 2.15. The standard InChI is InChI=1S/C10H15N3O4S/c1-8(2)3-4-12-18(16,17)9-5-11-13(6-9)7-10(14)15/h3,5-6,12H,4,7H2,1-2H3,(H,14,15). The van der Waals surface area contributed by atoms with E-state index >= 15 is 0 Å². The summed E-state index contributed by atoms with van der Waals surface area (Å²) in [4.78, 5) is 10.4. The number of aromatic nitrogens is 2. The molecule has 0 unspecified atom stereocenters. The first-order valence-electron chi connectivity index (χ1n) is 5.18. The van der Waals surface area contributed by atoms with Gasteiger partial charge in [0.1, 0.15) is 11.4 Å². The van der Waals surface area contributed by atoms with Gasteiger partial charge in [0.25, 0.3) is 0 Å². The molecule has 1 heterocycles. The Morgan fingerprint density at radius 1 is 1.56 bits per heavy atom. The van der Waals surface area contributed by atoms with Crippen LogP contribution in [0.3, 0.4) is 0 Å². The van der Waals surface area contributed by atoms with E-state index in [1.54, 1.807) is 6.08 Å². The quantitative estimate of drug-likeness (QED) is 0.722. The number of nitrogens with one attached hydrogen (secondary N) is 1. The van der Waals surface area contributed by atoms with Gasteiger partial charge in [-0.25, -0.2) is 13.1 Å². The van der Waals surface area contributed by atoms with Crippen LogP contribution in [0.2, 0.25) is 0 Å². The molecule has 100 valence electrons. The minimum absolute atomic E-state index is 0.0501. The lowest BCUT2D eigenvalue weighted by Gasteiger charge is -2.01. The van der Waals surface area contributed by atoms with Crippen LogP contribution in [0.5, 0.6) is 0 Å². The van der Waals surface area contributed by atoms with Gasteiger partial charge in [-0.3, -0.25) is 9.48 Å². The fraction of sp³-hybridized carbons (Fsp3) is 0.400. The molecule has 0 aliphatic carbocycles. The van der Waals surface area contributed by atoms with Crippen molar-refractivity contribution >= 4 is 16.0 Å². The van der Waals surface area contributed by atoms with Crippen LogP contribution in [-0.2, 0) is 21.4 Å². The third kappa shape index (κ3) is 4.30. The van der Waals surface area contributed by atoms with E-state index in [9.17, 15) is 13.2 Å². The van der Waals surface area contributed by atoms with Crippen LogP contribution in [0, 0.1) is 0 Å². The van der Waals surface area contributed by atoms with Crippen molar-refractivity contribution in [2.24, 2.45) is 0 Å². The minimum Gasteiger partial charge on any atom is -0.480 e. The molecule has 0 atom stereocenters. The Balaban J connectivity index is 2.76. The Morgan fingerprint density at radius 2 is 2.22 bits per heavy atom. The van der Waals surface area contributed by atoms with E-state index in [1.165, 1.54) is 6.20 Å². The molecule has 1 aromatic rings. The van der Waals surface area contributed by atoms with E-state index in [0.29, 0.717) is 0 Å². The summed E-state index contributed by atoms with van der Waals surface area (Å²) in [6, 6.07) is 0. The van der Waals surface area contributed by atoms with E-state index in [0.717, 1.165) is 16.5 Å². The number of hydrogen-bond acceptors (Lipinski definition) is 4. The molecule has 2 N–H and O–H groups in total. The molecule has 0 spiro atoms. The Bertz CT molecular complexity index is 555. The Morgan fingerprint density at radius 3 is 2.78 bits per heavy atom. The van der Waals surface area contributed by atoms with Crippen molar-refractivity contribution in [2.45, 2.75) is 25.3 Å². The van der Waals surface area contributed by atoms with Gasteiger partial charge in [0.2, 0.25) is 10.0 Å². The van der Waals surface area contributed by atoms with Crippen LogP contribution >= 0.6 is 0 Å². The van der Waals surface area contributed by atoms with Crippen molar-refractivity contribution < 1.29 is 18.3 Å². The van der Waals surface area contributed by atoms with Gasteiger partial charge in [0, 0.05) is 12.7 Å². The lowest BCUT2D eigenvalue weighted by atomic mass is 10.3. The second-order valence-corrected chi connectivity index (χ2v) is 5.67. The van der Waals surface area contributed by atoms with Crippen LogP contribution in [0.25, 0.3) is 0 Å². The highest BCUT2D eigenvalue weighted by molar-refractivity contribution is 7.89. The zero-order valence-electron chi connectivity index (χ0n) is 10.1. The SMILES string of the molecule is CC(C)=CCNS(=O)(=O)c1cnn(CC(=O)O)c1. The molecule has 8 heteroatoms. The Labute approximate surface area is 105 Å². The average Bonchev–Trinajstić information content (AvgIpc) is 2.64. The maximum atomic E-state index is 11.8. The minimum atomic E-state index is -3.64. The van der Waals surface area contributed by atoms with Gasteiger partial charge in [0.15, 0.2) is 0 Å². The Kier molecular flexibility index (Phi) is 4.62. The molecule has 0 aliphatic heterocycles. The molecule has 7 nitrogen and oxygen atoms in total. The van der Waals surface area contributed by atoms with Crippen molar-refractivity contribution in [1.29, 1.82) is 0 Å². The fourth-order valence-corrected chi connectivity index (χ4v) is 2.06. The summed E-state index contributed by atoms with van der Waals surface area (Å²) in [7, 11) is -3.64. The number of hydrogen-bond donors (Lipinski definition) is 2. The first-order chi connectivity index (χ1) is 8.31. The predicted octanol–water partition coefficient (Wildman–Crippen LogP) is 0.212. The van der Waals surface area contributed by atoms with Gasteiger partial charge in [-0.05, 0) is 13.8 Å². The van der Waals surface area contributed by atoms with Gasteiger partial charge < -0.3 is 5.11 Å². The van der Waals surface area contributed by atoms with E-state index in [-0.39, 0.29) is 18.0 Å². The van der Waals surface area contributed by atoms with Gasteiger partial charge >= 0.3 is 5.97 Å². The second-order valence-electron chi connectivity index (χ2n) is 3.90. The molecule has 0 aromatic carbocycles. The maximum absolute atomic E-state index is 11.8. The smallest absolute Gasteiger partial charge is 0.325 e. The molecule has 0 fully saturated rings. The third-order valence-corrected chi connectivity index (χ3v) is 3.38. The zero-order valence-corrected chi connectivity index (χ0v) is 10.9. The van der Waals surface area contributed by atoms with E-state index < -0.39 is 16.0 Å². The molecule has 0 radical (unpaired) electrons. The number of rotatable bonds is 6. The fourth-order valence-electron chi connectivity index (χ4n) is 1.15. The topological polar surface area (TPSA) is 101 Å². The summed E-state index contributed by atoms with van der Waals surface area (Å²) in [5.41, 5.74) is 0.999. The van der Waals surface area contributed by atoms with Crippen LogP contribution < -0.4 is 4.72 Å². The number of carboxylic acid groups (broad SMARTS) is 1. The zero-order chi connectivity index (χ0) is 13.8. The molecule has 0 saturated heterocycles. The highest BCUT2D eigenvalue weighted by atomic mass is 32.2. The van der Waals surface area contributed by atoms with E-state index in [4.69, 9.17) is 5.11 Å². The van der Waals surface area contributed by atoms with Gasteiger partial charge in [-0.2, -0.15) is 5.10 Å². The summed E-state index contributed by atoms with van der Waals surface area (Å²) in [6.45, 7) is 3.54. The van der Waals surface area contributed by atoms with E-state index in [1.807, 2.05) is 13.8 Å². The summed E-state index contributed by atoms with van der Waals surface area (Å²) < 4.78 is 27.0. The number of carbonyl (C=O) groups is 1. The van der Waals surface area contributed by atoms with Crippen molar-refractivity contribution in [3.63, 3.8) is 0 Å². The maximum Gasteiger partial charge on any atom is 0.325 e. The normalized spacial score (nSPS) is 11.2. The van der Waals surface area contributed by atoms with Crippen LogP contribution in [0.4, 0.5) is 0 Å². The van der Waals surface area contributed by atoms with Crippen LogP contribution in [0.1, 0.15) is 13.8 Å². The number of aliphatic carboxylic acids is 1. The predicted molar refractivity (Wildman–Crippen MR) is 64.5 cm³/mol. The van der Waals surface area contributed by atoms with Gasteiger partial charge in [-0.15, -0.1) is 0 Å². The molecular formula is C10H15N3O4S. The lowest BCUT2D eigenvalue weighted by molar-refractivity contribution is -0.137. The van der Waals surface area contributed by atoms with Crippen molar-refractivity contribution in [1.82, 2.24) is 14.5 Å². The van der Waals surface area contributed by atoms with Gasteiger partial charge in [-0.1, -0.05) is 11.6 Å². The van der Waals surface area contributed by atoms with Crippen LogP contribution in [-0.4, -0.2) is 35.8 Å². The molecule has 1 rings (SSSR count).